The van der Waals surface area contributed by atoms with Crippen molar-refractivity contribution in [3.05, 3.63) is 136 Å². The largest absolute Gasteiger partial charge is 0.619 e. The summed E-state index contributed by atoms with van der Waals surface area (Å²) in [5.74, 6) is 3.75. The van der Waals surface area contributed by atoms with E-state index in [1.165, 1.54) is 47.3 Å². The second-order valence-electron chi connectivity index (χ2n) is 15.5. The minimum atomic E-state index is -3.05. The van der Waals surface area contributed by atoms with Gasteiger partial charge in [0.2, 0.25) is 0 Å². The van der Waals surface area contributed by atoms with Crippen LogP contribution in [0.4, 0.5) is 0 Å². The minimum Gasteiger partial charge on any atom is -0.619 e. The summed E-state index contributed by atoms with van der Waals surface area (Å²) in [6.45, 7) is 24.2. The fourth-order valence-electron chi connectivity index (χ4n) is 5.20. The van der Waals surface area contributed by atoms with E-state index in [0.717, 1.165) is 40.5 Å². The molecule has 0 N–H and O–H groups in total. The maximum absolute atomic E-state index is 11.1. The molecule has 1 aliphatic heterocycles. The molecule has 0 spiro atoms. The highest BCUT2D eigenvalue weighted by molar-refractivity contribution is 7.90. The molecule has 10 heteroatoms. The Morgan fingerprint density at radius 3 is 1.71 bits per heavy atom. The third-order valence-corrected chi connectivity index (χ3v) is 9.99. The Morgan fingerprint density at radius 2 is 1.27 bits per heavy atom. The van der Waals surface area contributed by atoms with Gasteiger partial charge in [0.05, 0.1) is 29.1 Å². The van der Waals surface area contributed by atoms with Crippen molar-refractivity contribution < 1.29 is 17.9 Å². The van der Waals surface area contributed by atoms with Crippen LogP contribution in [0.25, 0.3) is 0 Å². The van der Waals surface area contributed by atoms with Crippen LogP contribution in [-0.4, -0.2) is 41.3 Å². The zero-order valence-corrected chi connectivity index (χ0v) is 36.3. The van der Waals surface area contributed by atoms with E-state index in [4.69, 9.17) is 4.74 Å². The number of aromatic nitrogens is 5. The van der Waals surface area contributed by atoms with Crippen molar-refractivity contribution in [2.24, 2.45) is 7.05 Å². The molecule has 4 heterocycles. The number of fused-ring (bicyclic) bond motifs is 1. The third kappa shape index (κ3) is 17.2. The number of sulfone groups is 1. The molecule has 0 aliphatic carbocycles. The summed E-state index contributed by atoms with van der Waals surface area (Å²) in [7, 11) is -1.11. The third-order valence-electron chi connectivity index (χ3n) is 8.86. The van der Waals surface area contributed by atoms with Crippen LogP contribution in [0.3, 0.4) is 0 Å². The van der Waals surface area contributed by atoms with Gasteiger partial charge in [-0.05, 0) is 108 Å². The van der Waals surface area contributed by atoms with Gasteiger partial charge < -0.3 is 9.94 Å². The molecule has 0 saturated heterocycles. The molecule has 0 bridgehead atoms. The molecule has 0 atom stereocenters. The van der Waals surface area contributed by atoms with Crippen molar-refractivity contribution in [1.29, 1.82) is 0 Å². The fraction of sp³-hybridized carbons (Fsp3) is 0.467. The molecule has 0 unspecified atom stereocenters. The summed E-state index contributed by atoms with van der Waals surface area (Å²) < 4.78 is 30.4. The Morgan fingerprint density at radius 1 is 0.727 bits per heavy atom. The average Bonchev–Trinajstić information content (AvgIpc) is 3.59. The summed E-state index contributed by atoms with van der Waals surface area (Å²) in [6, 6.07) is 21.4. The van der Waals surface area contributed by atoms with Gasteiger partial charge in [-0.3, -0.25) is 4.68 Å². The Labute approximate surface area is 331 Å². The van der Waals surface area contributed by atoms with Crippen LogP contribution in [0.2, 0.25) is 0 Å². The van der Waals surface area contributed by atoms with Gasteiger partial charge in [0.1, 0.15) is 5.75 Å². The molecule has 9 nitrogen and oxygen atoms in total. The van der Waals surface area contributed by atoms with Crippen molar-refractivity contribution in [2.45, 2.75) is 123 Å². The fourth-order valence-corrected chi connectivity index (χ4v) is 5.83. The molecule has 300 valence electrons. The molecule has 0 radical (unpaired) electrons. The molecule has 5 aromatic rings. The van der Waals surface area contributed by atoms with E-state index < -0.39 is 9.84 Å². The Hall–Kier alpha value is -4.57. The first-order valence-corrected chi connectivity index (χ1v) is 21.2. The van der Waals surface area contributed by atoms with Crippen molar-refractivity contribution in [3.63, 3.8) is 0 Å². The molecule has 0 amide bonds. The lowest BCUT2D eigenvalue weighted by Gasteiger charge is -2.18. The van der Waals surface area contributed by atoms with E-state index in [1.807, 2.05) is 61.4 Å². The normalized spacial score (nSPS) is 12.0. The second kappa shape index (κ2) is 22.7. The van der Waals surface area contributed by atoms with Crippen LogP contribution >= 0.6 is 0 Å². The van der Waals surface area contributed by atoms with Gasteiger partial charge in [-0.1, -0.05) is 93.5 Å². The molecule has 0 saturated carbocycles. The highest BCUT2D eigenvalue weighted by Crippen LogP contribution is 2.28. The van der Waals surface area contributed by atoms with E-state index in [9.17, 15) is 13.6 Å². The second-order valence-corrected chi connectivity index (χ2v) is 17.5. The minimum absolute atomic E-state index is 0.386. The standard InChI is InChI=1S/C12H16O.C10H14O2S.C8H12N2.C8H11NO.C7H12N2/c1-9(2)10-5-6-12-11(8-10)4-3-7-13-12;1-8(2)9-4-6-10(7-5-9)13(3,11)12;1-6(2)8-4-7(3)10-9-5-8;1-7(2)8-3-5-9(10)6-4-8;1-6(2)7-4-5-9(3)8-7/h5-6,8-9H,3-4,7H2,1-2H3;4-8H,1-3H3;4-6H,1-3H3;3-7H,1-2H3;4-6H,1-3H3. The van der Waals surface area contributed by atoms with Gasteiger partial charge >= 0.3 is 0 Å². The first-order valence-electron chi connectivity index (χ1n) is 19.3. The zero-order valence-electron chi connectivity index (χ0n) is 35.4. The van der Waals surface area contributed by atoms with Crippen LogP contribution < -0.4 is 9.47 Å². The lowest BCUT2D eigenvalue weighted by molar-refractivity contribution is -0.605. The molecular weight excluding hydrogens is 707 g/mol. The van der Waals surface area contributed by atoms with Crippen molar-refractivity contribution in [3.8, 4) is 5.75 Å². The number of nitrogens with zero attached hydrogens (tertiary/aromatic N) is 5. The Bertz CT molecular complexity index is 1950. The van der Waals surface area contributed by atoms with Gasteiger partial charge in [0, 0.05) is 31.6 Å². The maximum Gasteiger partial charge on any atom is 0.180 e. The van der Waals surface area contributed by atoms with Crippen LogP contribution in [-0.2, 0) is 23.3 Å². The molecule has 55 heavy (non-hydrogen) atoms. The monoisotopic (exact) mass is 771 g/mol. The van der Waals surface area contributed by atoms with E-state index >= 15 is 0 Å². The van der Waals surface area contributed by atoms with E-state index in [2.05, 4.69) is 109 Å². The number of pyridine rings is 1. The number of hydrogen-bond donors (Lipinski definition) is 0. The predicted molar refractivity (Wildman–Crippen MR) is 226 cm³/mol. The number of aryl methyl sites for hydroxylation is 3. The number of rotatable bonds is 6. The van der Waals surface area contributed by atoms with Gasteiger partial charge in [-0.2, -0.15) is 20.0 Å². The predicted octanol–water partition coefficient (Wildman–Crippen LogP) is 10.2. The summed E-state index contributed by atoms with van der Waals surface area (Å²) in [5.41, 5.74) is 8.58. The molecular formula is C45H65N5O4S. The molecule has 1 aliphatic rings. The highest BCUT2D eigenvalue weighted by atomic mass is 32.2. The summed E-state index contributed by atoms with van der Waals surface area (Å²) in [5, 5.41) is 22.5. The summed E-state index contributed by atoms with van der Waals surface area (Å²) >= 11 is 0. The van der Waals surface area contributed by atoms with Gasteiger partial charge in [-0.15, -0.1) is 0 Å². The topological polar surface area (TPSA) is 114 Å². The van der Waals surface area contributed by atoms with Crippen molar-refractivity contribution >= 4 is 9.84 Å². The van der Waals surface area contributed by atoms with Crippen LogP contribution in [0.15, 0.2) is 96.4 Å². The number of hydrogen-bond acceptors (Lipinski definition) is 7. The van der Waals surface area contributed by atoms with Gasteiger partial charge in [0.25, 0.3) is 0 Å². The molecule has 6 rings (SSSR count). The number of benzene rings is 2. The van der Waals surface area contributed by atoms with Crippen molar-refractivity contribution in [1.82, 2.24) is 20.0 Å². The molecule has 3 aromatic heterocycles. The molecule has 2 aromatic carbocycles. The van der Waals surface area contributed by atoms with Crippen LogP contribution in [0.1, 0.15) is 144 Å². The van der Waals surface area contributed by atoms with Gasteiger partial charge in [-0.25, -0.2) is 8.42 Å². The lowest BCUT2D eigenvalue weighted by Crippen LogP contribution is -2.23. The Balaban J connectivity index is 0.000000239. The van der Waals surface area contributed by atoms with E-state index in [0.29, 0.717) is 34.5 Å². The highest BCUT2D eigenvalue weighted by Gasteiger charge is 2.11. The lowest BCUT2D eigenvalue weighted by atomic mass is 9.97. The molecule has 0 fully saturated rings. The van der Waals surface area contributed by atoms with E-state index in [1.54, 1.807) is 12.1 Å². The van der Waals surface area contributed by atoms with Gasteiger partial charge in [0.15, 0.2) is 22.2 Å². The van der Waals surface area contributed by atoms with Crippen molar-refractivity contribution in [2.75, 3.05) is 12.9 Å². The quantitative estimate of drug-likeness (QED) is 0.125. The Kier molecular flexibility index (Phi) is 19.2. The smallest absolute Gasteiger partial charge is 0.180 e. The summed E-state index contributed by atoms with van der Waals surface area (Å²) in [6.07, 6.45) is 10.4. The van der Waals surface area contributed by atoms with Crippen LogP contribution in [0.5, 0.6) is 5.75 Å². The van der Waals surface area contributed by atoms with Crippen LogP contribution in [0, 0.1) is 12.1 Å². The average molecular weight is 772 g/mol. The SMILES string of the molecule is CC(C)c1cc[n+]([O-])cc1.CC(C)c1ccc(S(C)(=O)=O)cc1.CC(C)c1ccc2c(c1)CCCO2.CC(C)c1ccn(C)n1.Cc1cc(C(C)C)cnn1. The maximum atomic E-state index is 11.1. The number of ether oxygens (including phenoxy) is 1. The first kappa shape index (κ1) is 46.6. The first-order chi connectivity index (χ1) is 25.8. The zero-order chi connectivity index (χ0) is 41.3. The van der Waals surface area contributed by atoms with E-state index in [-0.39, 0.29) is 0 Å². The summed E-state index contributed by atoms with van der Waals surface area (Å²) in [4.78, 5) is 0.386.